The van der Waals surface area contributed by atoms with Crippen molar-refractivity contribution in [2.75, 3.05) is 0 Å². The second-order valence-corrected chi connectivity index (χ2v) is 2.28. The van der Waals surface area contributed by atoms with Crippen LogP contribution >= 0.6 is 0 Å². The molecule has 0 spiro atoms. The van der Waals surface area contributed by atoms with E-state index in [0.717, 1.165) is 0 Å². The van der Waals surface area contributed by atoms with Gasteiger partial charge in [-0.2, -0.15) is 5.26 Å². The SMILES string of the molecule is N#CCc1ccncc1B(O)O. The fraction of sp³-hybridized carbons (Fsp3) is 0.143. The summed E-state index contributed by atoms with van der Waals surface area (Å²) >= 11 is 0. The Morgan fingerprint density at radius 2 is 2.33 bits per heavy atom. The van der Waals surface area contributed by atoms with Crippen LogP contribution in [0.25, 0.3) is 0 Å². The van der Waals surface area contributed by atoms with E-state index in [1.54, 1.807) is 6.07 Å². The summed E-state index contributed by atoms with van der Waals surface area (Å²) in [5, 5.41) is 26.1. The summed E-state index contributed by atoms with van der Waals surface area (Å²) in [6.07, 6.45) is 3.02. The van der Waals surface area contributed by atoms with E-state index >= 15 is 0 Å². The topological polar surface area (TPSA) is 77.1 Å². The Hall–Kier alpha value is -1.38. The van der Waals surface area contributed by atoms with Gasteiger partial charge in [0.1, 0.15) is 0 Å². The van der Waals surface area contributed by atoms with Gasteiger partial charge in [0.15, 0.2) is 0 Å². The van der Waals surface area contributed by atoms with Gasteiger partial charge in [-0.3, -0.25) is 4.98 Å². The maximum atomic E-state index is 8.84. The molecule has 2 N–H and O–H groups in total. The van der Waals surface area contributed by atoms with E-state index in [1.165, 1.54) is 12.4 Å². The zero-order valence-electron chi connectivity index (χ0n) is 6.31. The molecule has 0 saturated carbocycles. The highest BCUT2D eigenvalue weighted by atomic mass is 16.4. The third-order valence-electron chi connectivity index (χ3n) is 1.49. The molecule has 0 bridgehead atoms. The molecule has 1 aromatic rings. The van der Waals surface area contributed by atoms with Gasteiger partial charge in [-0.25, -0.2) is 0 Å². The minimum absolute atomic E-state index is 0.162. The first kappa shape index (κ1) is 8.72. The fourth-order valence-electron chi connectivity index (χ4n) is 0.914. The first-order chi connectivity index (χ1) is 5.75. The van der Waals surface area contributed by atoms with Crippen LogP contribution in [0.3, 0.4) is 0 Å². The van der Waals surface area contributed by atoms with Gasteiger partial charge in [-0.05, 0) is 11.6 Å². The lowest BCUT2D eigenvalue weighted by molar-refractivity contribution is 0.425. The lowest BCUT2D eigenvalue weighted by atomic mass is 9.78. The number of aromatic nitrogens is 1. The average Bonchev–Trinajstić information content (AvgIpc) is 2.05. The average molecular weight is 162 g/mol. The summed E-state index contributed by atoms with van der Waals surface area (Å²) in [6.45, 7) is 0. The van der Waals surface area contributed by atoms with Crippen molar-refractivity contribution < 1.29 is 10.0 Å². The van der Waals surface area contributed by atoms with E-state index in [-0.39, 0.29) is 6.42 Å². The number of hydrogen-bond donors (Lipinski definition) is 2. The van der Waals surface area contributed by atoms with Gasteiger partial charge in [-0.1, -0.05) is 0 Å². The molecule has 5 heteroatoms. The lowest BCUT2D eigenvalue weighted by Gasteiger charge is -2.02. The number of nitrogens with zero attached hydrogens (tertiary/aromatic N) is 2. The van der Waals surface area contributed by atoms with Crippen LogP contribution in [0.5, 0.6) is 0 Å². The standard InChI is InChI=1S/C7H7BN2O2/c9-3-1-6-2-4-10-5-7(6)8(11)12/h2,4-5,11-12H,1H2. The molecule has 0 aliphatic heterocycles. The van der Waals surface area contributed by atoms with Crippen molar-refractivity contribution >= 4 is 12.6 Å². The monoisotopic (exact) mass is 162 g/mol. The van der Waals surface area contributed by atoms with Crippen LogP contribution in [0, 0.1) is 11.3 Å². The molecule has 60 valence electrons. The molecule has 0 fully saturated rings. The zero-order valence-corrected chi connectivity index (χ0v) is 6.31. The van der Waals surface area contributed by atoms with E-state index in [9.17, 15) is 0 Å². The van der Waals surface area contributed by atoms with Crippen LogP contribution < -0.4 is 5.46 Å². The van der Waals surface area contributed by atoms with Crippen LogP contribution in [-0.4, -0.2) is 22.2 Å². The summed E-state index contributed by atoms with van der Waals surface area (Å²) in [6, 6.07) is 3.52. The first-order valence-corrected chi connectivity index (χ1v) is 3.41. The molecule has 0 radical (unpaired) electrons. The zero-order chi connectivity index (χ0) is 8.97. The Bertz CT molecular complexity index is 309. The fourth-order valence-corrected chi connectivity index (χ4v) is 0.914. The highest BCUT2D eigenvalue weighted by Gasteiger charge is 2.14. The molecule has 1 heterocycles. The van der Waals surface area contributed by atoms with Crippen molar-refractivity contribution in [1.29, 1.82) is 5.26 Å². The summed E-state index contributed by atoms with van der Waals surface area (Å²) < 4.78 is 0. The van der Waals surface area contributed by atoms with Crippen LogP contribution in [-0.2, 0) is 6.42 Å². The van der Waals surface area contributed by atoms with Crippen molar-refractivity contribution in [1.82, 2.24) is 4.98 Å². The van der Waals surface area contributed by atoms with Crippen molar-refractivity contribution in [3.05, 3.63) is 24.0 Å². The van der Waals surface area contributed by atoms with E-state index < -0.39 is 7.12 Å². The Labute approximate surface area is 70.3 Å². The second-order valence-electron chi connectivity index (χ2n) is 2.28. The quantitative estimate of drug-likeness (QED) is 0.537. The molecule has 0 aliphatic carbocycles. The molecule has 1 rings (SSSR count). The first-order valence-electron chi connectivity index (χ1n) is 3.41. The second kappa shape index (κ2) is 3.86. The third-order valence-corrected chi connectivity index (χ3v) is 1.49. The Balaban J connectivity index is 3.02. The number of rotatable bonds is 2. The van der Waals surface area contributed by atoms with Gasteiger partial charge in [-0.15, -0.1) is 0 Å². The van der Waals surface area contributed by atoms with Crippen LogP contribution in [0.2, 0.25) is 0 Å². The predicted octanol–water partition coefficient (Wildman–Crippen LogP) is -1.17. The molecule has 0 unspecified atom stereocenters. The number of nitriles is 1. The van der Waals surface area contributed by atoms with E-state index in [0.29, 0.717) is 11.0 Å². The molecule has 0 aromatic carbocycles. The summed E-state index contributed by atoms with van der Waals surface area (Å²) in [5.74, 6) is 0. The molecule has 4 nitrogen and oxygen atoms in total. The van der Waals surface area contributed by atoms with E-state index in [4.69, 9.17) is 15.3 Å². The maximum Gasteiger partial charge on any atom is 0.490 e. The van der Waals surface area contributed by atoms with Crippen molar-refractivity contribution in [2.24, 2.45) is 0 Å². The highest BCUT2D eigenvalue weighted by molar-refractivity contribution is 6.59. The summed E-state index contributed by atoms with van der Waals surface area (Å²) in [7, 11) is -1.55. The van der Waals surface area contributed by atoms with Gasteiger partial charge in [0, 0.05) is 17.9 Å². The van der Waals surface area contributed by atoms with Gasteiger partial charge in [0.25, 0.3) is 0 Å². The molecule has 0 aliphatic rings. The minimum Gasteiger partial charge on any atom is -0.423 e. The molecule has 12 heavy (non-hydrogen) atoms. The van der Waals surface area contributed by atoms with Crippen LogP contribution in [0.15, 0.2) is 18.5 Å². The predicted molar refractivity (Wildman–Crippen MR) is 43.4 cm³/mol. The molecular formula is C7H7BN2O2. The minimum atomic E-state index is -1.55. The maximum absolute atomic E-state index is 8.84. The summed E-state index contributed by atoms with van der Waals surface area (Å²) in [5.41, 5.74) is 0.890. The van der Waals surface area contributed by atoms with Gasteiger partial charge in [0.05, 0.1) is 12.5 Å². The van der Waals surface area contributed by atoms with Gasteiger partial charge >= 0.3 is 7.12 Å². The normalized spacial score (nSPS) is 9.08. The Kier molecular flexibility index (Phi) is 2.80. The highest BCUT2D eigenvalue weighted by Crippen LogP contribution is 1.94. The lowest BCUT2D eigenvalue weighted by Crippen LogP contribution is -2.33. The number of pyridine rings is 1. The molecular weight excluding hydrogens is 155 g/mol. The van der Waals surface area contributed by atoms with Crippen molar-refractivity contribution in [3.63, 3.8) is 0 Å². The smallest absolute Gasteiger partial charge is 0.423 e. The Morgan fingerprint density at radius 1 is 1.58 bits per heavy atom. The molecule has 0 saturated heterocycles. The Morgan fingerprint density at radius 3 is 2.92 bits per heavy atom. The summed E-state index contributed by atoms with van der Waals surface area (Å²) in [4.78, 5) is 3.72. The van der Waals surface area contributed by atoms with Gasteiger partial charge in [0.2, 0.25) is 0 Å². The van der Waals surface area contributed by atoms with Crippen molar-refractivity contribution in [2.45, 2.75) is 6.42 Å². The van der Waals surface area contributed by atoms with Gasteiger partial charge < -0.3 is 10.0 Å². The van der Waals surface area contributed by atoms with Crippen LogP contribution in [0.4, 0.5) is 0 Å². The third kappa shape index (κ3) is 1.81. The van der Waals surface area contributed by atoms with E-state index in [1.807, 2.05) is 6.07 Å². The number of hydrogen-bond acceptors (Lipinski definition) is 4. The molecule has 1 aromatic heterocycles. The van der Waals surface area contributed by atoms with E-state index in [2.05, 4.69) is 4.98 Å². The largest absolute Gasteiger partial charge is 0.490 e. The van der Waals surface area contributed by atoms with Crippen molar-refractivity contribution in [3.8, 4) is 6.07 Å². The van der Waals surface area contributed by atoms with Crippen LogP contribution in [0.1, 0.15) is 5.56 Å². The molecule has 0 atom stereocenters. The molecule has 0 amide bonds.